The number of rotatable bonds is 3. The van der Waals surface area contributed by atoms with Crippen LogP contribution in [0, 0.1) is 0 Å². The maximum atomic E-state index is 10.7. The highest BCUT2D eigenvalue weighted by molar-refractivity contribution is 5.70. The molecule has 0 radical (unpaired) electrons. The average molecular weight is 208 g/mol. The fourth-order valence-electron chi connectivity index (χ4n) is 2.02. The van der Waals surface area contributed by atoms with Crippen LogP contribution in [-0.2, 0) is 6.54 Å². The van der Waals surface area contributed by atoms with E-state index >= 15 is 0 Å². The second-order valence-electron chi connectivity index (χ2n) is 3.77. The quantitative estimate of drug-likeness (QED) is 0.698. The van der Waals surface area contributed by atoms with Gasteiger partial charge in [0, 0.05) is 19.6 Å². The summed E-state index contributed by atoms with van der Waals surface area (Å²) in [5.41, 5.74) is 0. The number of anilines is 1. The Bertz CT molecular complexity index is 341. The van der Waals surface area contributed by atoms with Crippen LogP contribution in [0.5, 0.6) is 0 Å². The highest BCUT2D eigenvalue weighted by atomic mass is 16.1. The minimum absolute atomic E-state index is 0.429. The summed E-state index contributed by atoms with van der Waals surface area (Å²) in [6.07, 6.45) is 4.46. The van der Waals surface area contributed by atoms with Crippen LogP contribution < -0.4 is 4.90 Å². The summed E-state index contributed by atoms with van der Waals surface area (Å²) in [7, 11) is 0. The van der Waals surface area contributed by atoms with Crippen molar-refractivity contribution in [2.75, 3.05) is 18.0 Å². The number of aldehydes is 1. The number of carbonyl (C=O) groups is 1. The average Bonchev–Trinajstić information content (AvgIpc) is 2.72. The Hall–Kier alpha value is -1.39. The minimum Gasteiger partial charge on any atom is -0.341 e. The summed E-state index contributed by atoms with van der Waals surface area (Å²) in [4.78, 5) is 13.0. The predicted octanol–water partition coefficient (Wildman–Crippen LogP) is 1.10. The fourth-order valence-corrected chi connectivity index (χ4v) is 2.02. The van der Waals surface area contributed by atoms with Gasteiger partial charge in [-0.05, 0) is 26.2 Å². The van der Waals surface area contributed by atoms with Crippen molar-refractivity contribution in [3.8, 4) is 0 Å². The van der Waals surface area contributed by atoms with E-state index in [2.05, 4.69) is 15.1 Å². The number of hydrogen-bond donors (Lipinski definition) is 0. The van der Waals surface area contributed by atoms with Gasteiger partial charge in [0.1, 0.15) is 0 Å². The van der Waals surface area contributed by atoms with Crippen molar-refractivity contribution in [1.82, 2.24) is 14.8 Å². The number of aromatic nitrogens is 3. The number of nitrogens with zero attached hydrogens (tertiary/aromatic N) is 4. The lowest BCUT2D eigenvalue weighted by atomic mass is 10.1. The van der Waals surface area contributed by atoms with Crippen LogP contribution in [0.4, 0.5) is 5.95 Å². The second-order valence-corrected chi connectivity index (χ2v) is 3.77. The monoisotopic (exact) mass is 208 g/mol. The van der Waals surface area contributed by atoms with Crippen LogP contribution in [0.1, 0.15) is 36.8 Å². The molecule has 1 aliphatic heterocycles. The topological polar surface area (TPSA) is 51.0 Å². The fraction of sp³-hybridized carbons (Fsp3) is 0.700. The highest BCUT2D eigenvalue weighted by Gasteiger charge is 2.18. The molecule has 0 bridgehead atoms. The largest absolute Gasteiger partial charge is 0.341 e. The van der Waals surface area contributed by atoms with Gasteiger partial charge >= 0.3 is 0 Å². The van der Waals surface area contributed by atoms with Crippen molar-refractivity contribution in [3.63, 3.8) is 0 Å². The van der Waals surface area contributed by atoms with E-state index in [0.29, 0.717) is 5.82 Å². The maximum Gasteiger partial charge on any atom is 0.227 e. The first-order valence-corrected chi connectivity index (χ1v) is 5.50. The van der Waals surface area contributed by atoms with Crippen molar-refractivity contribution in [3.05, 3.63) is 5.82 Å². The zero-order chi connectivity index (χ0) is 10.7. The van der Waals surface area contributed by atoms with Crippen LogP contribution in [0.25, 0.3) is 0 Å². The molecule has 0 atom stereocenters. The van der Waals surface area contributed by atoms with Crippen molar-refractivity contribution in [1.29, 1.82) is 0 Å². The van der Waals surface area contributed by atoms with E-state index in [4.69, 9.17) is 0 Å². The zero-order valence-electron chi connectivity index (χ0n) is 9.02. The molecule has 0 aromatic carbocycles. The first-order chi connectivity index (χ1) is 7.36. The Balaban J connectivity index is 2.25. The van der Waals surface area contributed by atoms with Crippen molar-refractivity contribution in [2.24, 2.45) is 0 Å². The number of piperidine rings is 1. The molecule has 82 valence electrons. The van der Waals surface area contributed by atoms with E-state index in [1.54, 1.807) is 0 Å². The van der Waals surface area contributed by atoms with Gasteiger partial charge in [0.15, 0.2) is 12.1 Å². The maximum absolute atomic E-state index is 10.7. The van der Waals surface area contributed by atoms with Gasteiger partial charge in [-0.15, -0.1) is 10.2 Å². The van der Waals surface area contributed by atoms with Crippen LogP contribution in [-0.4, -0.2) is 34.1 Å². The molecule has 1 fully saturated rings. The van der Waals surface area contributed by atoms with Crippen LogP contribution >= 0.6 is 0 Å². The van der Waals surface area contributed by atoms with Gasteiger partial charge < -0.3 is 4.90 Å². The Morgan fingerprint density at radius 3 is 2.60 bits per heavy atom. The number of carbonyl (C=O) groups excluding carboxylic acids is 1. The molecule has 0 aliphatic carbocycles. The van der Waals surface area contributed by atoms with Crippen LogP contribution in [0.15, 0.2) is 0 Å². The van der Waals surface area contributed by atoms with Gasteiger partial charge in [-0.1, -0.05) is 0 Å². The molecule has 0 spiro atoms. The lowest BCUT2D eigenvalue weighted by Gasteiger charge is -2.27. The Labute approximate surface area is 89.1 Å². The Morgan fingerprint density at radius 1 is 1.27 bits per heavy atom. The summed E-state index contributed by atoms with van der Waals surface area (Å²) in [5.74, 6) is 1.28. The van der Waals surface area contributed by atoms with Crippen LogP contribution in [0.2, 0.25) is 0 Å². The molecule has 15 heavy (non-hydrogen) atoms. The van der Waals surface area contributed by atoms with E-state index in [1.165, 1.54) is 19.3 Å². The van der Waals surface area contributed by atoms with Crippen molar-refractivity contribution in [2.45, 2.75) is 32.7 Å². The van der Waals surface area contributed by atoms with Crippen molar-refractivity contribution < 1.29 is 4.79 Å². The van der Waals surface area contributed by atoms with Gasteiger partial charge in [-0.2, -0.15) is 0 Å². The lowest BCUT2D eigenvalue weighted by Crippen LogP contribution is -2.32. The normalized spacial score (nSPS) is 16.7. The molecule has 0 N–H and O–H groups in total. The van der Waals surface area contributed by atoms with Crippen molar-refractivity contribution >= 4 is 12.2 Å². The molecular weight excluding hydrogens is 192 g/mol. The first kappa shape index (κ1) is 10.1. The third kappa shape index (κ3) is 1.86. The lowest BCUT2D eigenvalue weighted by molar-refractivity contribution is 0.111. The number of hydrogen-bond acceptors (Lipinski definition) is 4. The molecule has 0 amide bonds. The summed E-state index contributed by atoms with van der Waals surface area (Å²) in [6, 6.07) is 0. The van der Waals surface area contributed by atoms with Gasteiger partial charge in [0.25, 0.3) is 0 Å². The zero-order valence-corrected chi connectivity index (χ0v) is 9.02. The Morgan fingerprint density at radius 2 is 2.00 bits per heavy atom. The standard InChI is InChI=1S/C10H16N4O/c1-2-14-9(8-15)11-12-10(14)13-6-4-3-5-7-13/h8H,2-7H2,1H3. The summed E-state index contributed by atoms with van der Waals surface area (Å²) in [6.45, 7) is 4.80. The minimum atomic E-state index is 0.429. The highest BCUT2D eigenvalue weighted by Crippen LogP contribution is 2.18. The molecule has 1 aromatic heterocycles. The first-order valence-electron chi connectivity index (χ1n) is 5.50. The van der Waals surface area contributed by atoms with E-state index in [1.807, 2.05) is 11.5 Å². The van der Waals surface area contributed by atoms with Gasteiger partial charge in [0.05, 0.1) is 0 Å². The second kappa shape index (κ2) is 4.42. The smallest absolute Gasteiger partial charge is 0.227 e. The molecule has 1 aromatic rings. The SMILES string of the molecule is CCn1c(C=O)nnc1N1CCCCC1. The molecule has 0 saturated carbocycles. The van der Waals surface area contributed by atoms with E-state index in [9.17, 15) is 4.79 Å². The molecular formula is C10H16N4O. The van der Waals surface area contributed by atoms with E-state index in [0.717, 1.165) is 31.9 Å². The molecule has 5 nitrogen and oxygen atoms in total. The van der Waals surface area contributed by atoms with Gasteiger partial charge in [0.2, 0.25) is 5.95 Å². The Kier molecular flexibility index (Phi) is 2.99. The third-order valence-electron chi connectivity index (χ3n) is 2.82. The summed E-state index contributed by atoms with van der Waals surface area (Å²) in [5, 5.41) is 7.97. The van der Waals surface area contributed by atoms with Crippen LogP contribution in [0.3, 0.4) is 0 Å². The molecule has 2 rings (SSSR count). The van der Waals surface area contributed by atoms with E-state index < -0.39 is 0 Å². The van der Waals surface area contributed by atoms with E-state index in [-0.39, 0.29) is 0 Å². The third-order valence-corrected chi connectivity index (χ3v) is 2.82. The molecule has 1 aliphatic rings. The molecule has 5 heteroatoms. The predicted molar refractivity (Wildman–Crippen MR) is 57.1 cm³/mol. The van der Waals surface area contributed by atoms with Gasteiger partial charge in [-0.3, -0.25) is 9.36 Å². The molecule has 0 unspecified atom stereocenters. The van der Waals surface area contributed by atoms with Gasteiger partial charge in [-0.25, -0.2) is 0 Å². The molecule has 1 saturated heterocycles. The molecule has 2 heterocycles. The summed E-state index contributed by atoms with van der Waals surface area (Å²) < 4.78 is 1.87. The summed E-state index contributed by atoms with van der Waals surface area (Å²) >= 11 is 0.